The first-order chi connectivity index (χ1) is 8.57. The number of aryl methyl sites for hydroxylation is 1. The van der Waals surface area contributed by atoms with E-state index in [2.05, 4.69) is 38.4 Å². The number of rotatable bonds is 4. The molecule has 1 aromatic rings. The zero-order chi connectivity index (χ0) is 13.2. The van der Waals surface area contributed by atoms with E-state index >= 15 is 0 Å². The fourth-order valence-corrected chi connectivity index (χ4v) is 4.24. The zero-order valence-corrected chi connectivity index (χ0v) is 12.9. The van der Waals surface area contributed by atoms with Gasteiger partial charge in [-0.1, -0.05) is 33.6 Å². The summed E-state index contributed by atoms with van der Waals surface area (Å²) in [6.07, 6.45) is 5.21. The van der Waals surface area contributed by atoms with Crippen LogP contribution in [0.15, 0.2) is 5.38 Å². The molecule has 3 heteroatoms. The number of aromatic nitrogens is 1. The maximum absolute atomic E-state index is 4.77. The Morgan fingerprint density at radius 2 is 2.33 bits per heavy atom. The van der Waals surface area contributed by atoms with Crippen molar-refractivity contribution in [1.82, 2.24) is 10.3 Å². The lowest BCUT2D eigenvalue weighted by molar-refractivity contribution is 0.149. The number of nitrogens with one attached hydrogen (secondary N) is 1. The molecule has 0 aromatic carbocycles. The standard InChI is InChI=1S/C15H26N2S/c1-5-16-15(14-17-12(4)10-18-14)8-6-7-13(9-15)11(2)3/h10-11,13,16H,5-9H2,1-4H3. The third kappa shape index (κ3) is 2.77. The van der Waals surface area contributed by atoms with Crippen molar-refractivity contribution in [1.29, 1.82) is 0 Å². The molecule has 2 unspecified atom stereocenters. The minimum atomic E-state index is 0.154. The smallest absolute Gasteiger partial charge is 0.113 e. The second-order valence-electron chi connectivity index (χ2n) is 6.01. The molecule has 1 N–H and O–H groups in total. The van der Waals surface area contributed by atoms with Gasteiger partial charge in [0.25, 0.3) is 0 Å². The van der Waals surface area contributed by atoms with Gasteiger partial charge in [0.15, 0.2) is 0 Å². The van der Waals surface area contributed by atoms with Crippen LogP contribution in [-0.2, 0) is 5.54 Å². The number of nitrogens with zero attached hydrogens (tertiary/aromatic N) is 1. The average molecular weight is 266 g/mol. The van der Waals surface area contributed by atoms with Crippen LogP contribution in [0.4, 0.5) is 0 Å². The van der Waals surface area contributed by atoms with E-state index in [-0.39, 0.29) is 5.54 Å². The lowest BCUT2D eigenvalue weighted by atomic mass is 9.72. The Morgan fingerprint density at radius 1 is 1.56 bits per heavy atom. The van der Waals surface area contributed by atoms with Crippen LogP contribution >= 0.6 is 11.3 Å². The average Bonchev–Trinajstić information content (AvgIpc) is 2.77. The highest BCUT2D eigenvalue weighted by Crippen LogP contribution is 2.43. The molecule has 0 bridgehead atoms. The predicted octanol–water partition coefficient (Wildman–Crippen LogP) is 4.10. The molecule has 0 spiro atoms. The topological polar surface area (TPSA) is 24.9 Å². The van der Waals surface area contributed by atoms with E-state index in [1.807, 2.05) is 11.3 Å². The lowest BCUT2D eigenvalue weighted by Gasteiger charge is -2.41. The predicted molar refractivity (Wildman–Crippen MR) is 79.0 cm³/mol. The third-order valence-electron chi connectivity index (χ3n) is 4.28. The Morgan fingerprint density at radius 3 is 2.89 bits per heavy atom. The Bertz CT molecular complexity index is 382. The monoisotopic (exact) mass is 266 g/mol. The van der Waals surface area contributed by atoms with Crippen LogP contribution in [-0.4, -0.2) is 11.5 Å². The van der Waals surface area contributed by atoms with Crippen molar-refractivity contribution in [2.45, 2.75) is 58.9 Å². The largest absolute Gasteiger partial charge is 0.306 e. The summed E-state index contributed by atoms with van der Waals surface area (Å²) in [5.41, 5.74) is 1.32. The van der Waals surface area contributed by atoms with Crippen molar-refractivity contribution in [3.63, 3.8) is 0 Å². The van der Waals surface area contributed by atoms with E-state index in [9.17, 15) is 0 Å². The fourth-order valence-electron chi connectivity index (χ4n) is 3.23. The second-order valence-corrected chi connectivity index (χ2v) is 6.87. The SMILES string of the molecule is CCNC1(c2nc(C)cs2)CCCC(C(C)C)C1. The Hall–Kier alpha value is -0.410. The van der Waals surface area contributed by atoms with Crippen LogP contribution in [0.25, 0.3) is 0 Å². The van der Waals surface area contributed by atoms with Crippen LogP contribution in [0.2, 0.25) is 0 Å². The molecule has 102 valence electrons. The number of thiazole rings is 1. The van der Waals surface area contributed by atoms with E-state index in [0.29, 0.717) is 0 Å². The van der Waals surface area contributed by atoms with Crippen molar-refractivity contribution in [2.75, 3.05) is 6.54 Å². The molecule has 1 aliphatic carbocycles. The highest BCUT2D eigenvalue weighted by Gasteiger charge is 2.40. The summed E-state index contributed by atoms with van der Waals surface area (Å²) in [6.45, 7) is 10.1. The minimum absolute atomic E-state index is 0.154. The first kappa shape index (κ1) is 14.0. The van der Waals surface area contributed by atoms with Crippen LogP contribution < -0.4 is 5.32 Å². The summed E-state index contributed by atoms with van der Waals surface area (Å²) in [4.78, 5) is 4.77. The fraction of sp³-hybridized carbons (Fsp3) is 0.800. The Labute approximate surface area is 115 Å². The molecule has 1 saturated carbocycles. The van der Waals surface area contributed by atoms with Gasteiger partial charge < -0.3 is 5.32 Å². The molecule has 0 aliphatic heterocycles. The molecule has 0 saturated heterocycles. The molecule has 18 heavy (non-hydrogen) atoms. The van der Waals surface area contributed by atoms with Crippen LogP contribution in [0, 0.1) is 18.8 Å². The van der Waals surface area contributed by atoms with E-state index in [1.165, 1.54) is 36.4 Å². The van der Waals surface area contributed by atoms with Gasteiger partial charge in [-0.3, -0.25) is 0 Å². The van der Waals surface area contributed by atoms with Crippen LogP contribution in [0.5, 0.6) is 0 Å². The molecule has 2 atom stereocenters. The van der Waals surface area contributed by atoms with E-state index in [4.69, 9.17) is 4.98 Å². The van der Waals surface area contributed by atoms with Crippen LogP contribution in [0.1, 0.15) is 57.2 Å². The first-order valence-corrected chi connectivity index (χ1v) is 8.13. The Kier molecular flexibility index (Phi) is 4.44. The first-order valence-electron chi connectivity index (χ1n) is 7.25. The normalized spacial score (nSPS) is 28.8. The summed E-state index contributed by atoms with van der Waals surface area (Å²) in [6, 6.07) is 0. The summed E-state index contributed by atoms with van der Waals surface area (Å²) < 4.78 is 0. The molecule has 1 fully saturated rings. The van der Waals surface area contributed by atoms with E-state index < -0.39 is 0 Å². The molecule has 1 aromatic heterocycles. The van der Waals surface area contributed by atoms with Gasteiger partial charge in [-0.15, -0.1) is 11.3 Å². The quantitative estimate of drug-likeness (QED) is 0.887. The van der Waals surface area contributed by atoms with Gasteiger partial charge in [0, 0.05) is 11.1 Å². The van der Waals surface area contributed by atoms with Crippen LogP contribution in [0.3, 0.4) is 0 Å². The number of hydrogen-bond donors (Lipinski definition) is 1. The molecule has 1 aliphatic rings. The third-order valence-corrected chi connectivity index (χ3v) is 5.44. The van der Waals surface area contributed by atoms with E-state index in [0.717, 1.165) is 18.4 Å². The molecule has 0 radical (unpaired) electrons. The van der Waals surface area contributed by atoms with Gasteiger partial charge in [-0.2, -0.15) is 0 Å². The van der Waals surface area contributed by atoms with Gasteiger partial charge in [-0.05, 0) is 38.1 Å². The minimum Gasteiger partial charge on any atom is -0.306 e. The molecular formula is C15H26N2S. The maximum atomic E-state index is 4.77. The van der Waals surface area contributed by atoms with Gasteiger partial charge in [0.2, 0.25) is 0 Å². The zero-order valence-electron chi connectivity index (χ0n) is 12.1. The summed E-state index contributed by atoms with van der Waals surface area (Å²) in [5, 5.41) is 7.26. The van der Waals surface area contributed by atoms with Gasteiger partial charge in [0.05, 0.1) is 5.54 Å². The molecular weight excluding hydrogens is 240 g/mol. The molecule has 1 heterocycles. The number of hydrogen-bond acceptors (Lipinski definition) is 3. The van der Waals surface area contributed by atoms with Crippen molar-refractivity contribution >= 4 is 11.3 Å². The van der Waals surface area contributed by atoms with Gasteiger partial charge in [0.1, 0.15) is 5.01 Å². The molecule has 2 rings (SSSR count). The highest BCUT2D eigenvalue weighted by atomic mass is 32.1. The lowest BCUT2D eigenvalue weighted by Crippen LogP contribution is -2.46. The molecule has 2 nitrogen and oxygen atoms in total. The van der Waals surface area contributed by atoms with E-state index in [1.54, 1.807) is 0 Å². The summed E-state index contributed by atoms with van der Waals surface area (Å²) in [5.74, 6) is 1.62. The Balaban J connectivity index is 2.26. The highest BCUT2D eigenvalue weighted by molar-refractivity contribution is 7.09. The van der Waals surface area contributed by atoms with Gasteiger partial charge in [-0.25, -0.2) is 4.98 Å². The molecule has 0 amide bonds. The maximum Gasteiger partial charge on any atom is 0.113 e. The van der Waals surface area contributed by atoms with Gasteiger partial charge >= 0.3 is 0 Å². The second kappa shape index (κ2) is 5.70. The van der Waals surface area contributed by atoms with Crippen molar-refractivity contribution < 1.29 is 0 Å². The van der Waals surface area contributed by atoms with Crippen molar-refractivity contribution in [2.24, 2.45) is 11.8 Å². The summed E-state index contributed by atoms with van der Waals surface area (Å²) >= 11 is 1.84. The summed E-state index contributed by atoms with van der Waals surface area (Å²) in [7, 11) is 0. The van der Waals surface area contributed by atoms with Crippen molar-refractivity contribution in [3.05, 3.63) is 16.1 Å². The van der Waals surface area contributed by atoms with Crippen molar-refractivity contribution in [3.8, 4) is 0 Å².